The number of rotatable bonds is 3. The third-order valence-electron chi connectivity index (χ3n) is 5.78. The van der Waals surface area contributed by atoms with E-state index in [1.807, 2.05) is 6.07 Å². The highest BCUT2D eigenvalue weighted by molar-refractivity contribution is 7.08. The van der Waals surface area contributed by atoms with Crippen molar-refractivity contribution in [3.8, 4) is 11.1 Å². The first-order valence-corrected chi connectivity index (χ1v) is 10.3. The van der Waals surface area contributed by atoms with E-state index < -0.39 is 0 Å². The fraction of sp³-hybridized carbons (Fsp3) is 0.400. The maximum atomic E-state index is 12.9. The van der Waals surface area contributed by atoms with Crippen molar-refractivity contribution in [2.24, 2.45) is 0 Å². The number of nitrogens with zero attached hydrogens (tertiary/aromatic N) is 2. The van der Waals surface area contributed by atoms with Crippen LogP contribution in [0.25, 0.3) is 22.0 Å². The third kappa shape index (κ3) is 2.83. The zero-order chi connectivity index (χ0) is 17.5. The molecule has 5 rings (SSSR count). The summed E-state index contributed by atoms with van der Waals surface area (Å²) >= 11 is 1.68. The van der Waals surface area contributed by atoms with E-state index in [0.717, 1.165) is 35.5 Å². The van der Waals surface area contributed by atoms with Crippen LogP contribution in [0.5, 0.6) is 0 Å². The van der Waals surface area contributed by atoms with E-state index >= 15 is 0 Å². The van der Waals surface area contributed by atoms with Crippen LogP contribution < -0.4 is 5.32 Å². The summed E-state index contributed by atoms with van der Waals surface area (Å²) in [5.74, 6) is -0.0670. The van der Waals surface area contributed by atoms with Crippen LogP contribution in [0.4, 0.5) is 0 Å². The molecule has 6 heteroatoms. The van der Waals surface area contributed by atoms with E-state index in [4.69, 9.17) is 0 Å². The van der Waals surface area contributed by atoms with Crippen molar-refractivity contribution < 1.29 is 4.79 Å². The monoisotopic (exact) mass is 366 g/mol. The molecule has 2 aromatic heterocycles. The molecule has 1 unspecified atom stereocenters. The van der Waals surface area contributed by atoms with Gasteiger partial charge < -0.3 is 5.32 Å². The molecule has 0 saturated carbocycles. The lowest BCUT2D eigenvalue weighted by atomic mass is 10.00. The van der Waals surface area contributed by atoms with E-state index in [-0.39, 0.29) is 11.9 Å². The molecule has 26 heavy (non-hydrogen) atoms. The minimum absolute atomic E-state index is 0.0670. The van der Waals surface area contributed by atoms with Gasteiger partial charge in [0.05, 0.1) is 5.52 Å². The number of nitrogens with one attached hydrogen (secondary N) is 2. The summed E-state index contributed by atoms with van der Waals surface area (Å²) < 4.78 is 0. The van der Waals surface area contributed by atoms with E-state index in [1.165, 1.54) is 31.4 Å². The van der Waals surface area contributed by atoms with Crippen LogP contribution in [0.15, 0.2) is 35.0 Å². The summed E-state index contributed by atoms with van der Waals surface area (Å²) in [7, 11) is 0. The number of hydrogen-bond acceptors (Lipinski definition) is 4. The topological polar surface area (TPSA) is 61.0 Å². The van der Waals surface area contributed by atoms with Gasteiger partial charge >= 0.3 is 0 Å². The standard InChI is InChI=1S/C20H22N4OS/c25-20(21-15-2-1-3-16-6-8-24(16)11-15)19-17-10-13(14-7-9-26-12-14)4-5-18(17)22-23-19/h4-5,7,9-10,12,15-16H,1-3,6,8,11H2,(H,21,25)(H,22,23)/t15-,16?/m0/s1. The predicted molar refractivity (Wildman–Crippen MR) is 104 cm³/mol. The van der Waals surface area contributed by atoms with Crippen LogP contribution in [0, 0.1) is 0 Å². The van der Waals surface area contributed by atoms with Gasteiger partial charge in [-0.25, -0.2) is 0 Å². The molecule has 5 nitrogen and oxygen atoms in total. The van der Waals surface area contributed by atoms with E-state index in [2.05, 4.69) is 49.4 Å². The Bertz CT molecular complexity index is 933. The summed E-state index contributed by atoms with van der Waals surface area (Å²) in [5, 5.41) is 15.6. The zero-order valence-electron chi connectivity index (χ0n) is 14.6. The largest absolute Gasteiger partial charge is 0.347 e. The summed E-state index contributed by atoms with van der Waals surface area (Å²) in [6.07, 6.45) is 4.83. The number of carbonyl (C=O) groups is 1. The summed E-state index contributed by atoms with van der Waals surface area (Å²) in [6, 6.07) is 9.20. The Kier molecular flexibility index (Phi) is 4.02. The average Bonchev–Trinajstić information content (AvgIpc) is 3.28. The maximum Gasteiger partial charge on any atom is 0.272 e. The van der Waals surface area contributed by atoms with Gasteiger partial charge in [-0.15, -0.1) is 0 Å². The highest BCUT2D eigenvalue weighted by atomic mass is 32.1. The van der Waals surface area contributed by atoms with Crippen molar-refractivity contribution in [1.29, 1.82) is 0 Å². The minimum Gasteiger partial charge on any atom is -0.347 e. The molecule has 2 aliphatic rings. The van der Waals surface area contributed by atoms with E-state index in [9.17, 15) is 4.79 Å². The fourth-order valence-electron chi connectivity index (χ4n) is 4.20. The zero-order valence-corrected chi connectivity index (χ0v) is 15.4. The molecule has 0 aliphatic carbocycles. The number of carbonyl (C=O) groups excluding carboxylic acids is 1. The quantitative estimate of drug-likeness (QED) is 0.744. The van der Waals surface area contributed by atoms with Gasteiger partial charge in [-0.05, 0) is 72.3 Å². The molecule has 1 amide bonds. The number of benzene rings is 1. The van der Waals surface area contributed by atoms with Gasteiger partial charge in [0.1, 0.15) is 0 Å². The lowest BCUT2D eigenvalue weighted by Gasteiger charge is -2.40. The Morgan fingerprint density at radius 2 is 2.19 bits per heavy atom. The second-order valence-electron chi connectivity index (χ2n) is 7.38. The second kappa shape index (κ2) is 6.52. The smallest absolute Gasteiger partial charge is 0.272 e. The number of hydrogen-bond donors (Lipinski definition) is 2. The Morgan fingerprint density at radius 1 is 1.23 bits per heavy atom. The van der Waals surface area contributed by atoms with Crippen molar-refractivity contribution in [1.82, 2.24) is 20.4 Å². The molecule has 134 valence electrons. The lowest BCUT2D eigenvalue weighted by Crippen LogP contribution is -2.52. The number of thiophene rings is 1. The molecular weight excluding hydrogens is 344 g/mol. The third-order valence-corrected chi connectivity index (χ3v) is 6.46. The van der Waals surface area contributed by atoms with Crippen molar-refractivity contribution in [3.63, 3.8) is 0 Å². The summed E-state index contributed by atoms with van der Waals surface area (Å²) in [6.45, 7) is 2.14. The molecule has 0 radical (unpaired) electrons. The predicted octanol–water partition coefficient (Wildman–Crippen LogP) is 3.65. The highest BCUT2D eigenvalue weighted by Gasteiger charge is 2.33. The van der Waals surface area contributed by atoms with Gasteiger partial charge in [0.2, 0.25) is 0 Å². The van der Waals surface area contributed by atoms with Crippen molar-refractivity contribution in [2.75, 3.05) is 13.1 Å². The van der Waals surface area contributed by atoms with Crippen LogP contribution >= 0.6 is 11.3 Å². The van der Waals surface area contributed by atoms with Gasteiger partial charge in [-0.3, -0.25) is 14.8 Å². The second-order valence-corrected chi connectivity index (χ2v) is 8.16. The van der Waals surface area contributed by atoms with Gasteiger partial charge in [-0.2, -0.15) is 16.4 Å². The molecular formula is C20H22N4OS. The fourth-order valence-corrected chi connectivity index (χ4v) is 4.87. The van der Waals surface area contributed by atoms with E-state index in [0.29, 0.717) is 5.69 Å². The number of amides is 1. The van der Waals surface area contributed by atoms with Gasteiger partial charge in [0, 0.05) is 24.0 Å². The molecule has 2 N–H and O–H groups in total. The van der Waals surface area contributed by atoms with Gasteiger partial charge in [0.25, 0.3) is 5.91 Å². The SMILES string of the molecule is O=C(N[C@H]1CCCC2CCN2C1)c1n[nH]c2ccc(-c3ccsc3)cc12. The van der Waals surface area contributed by atoms with Crippen LogP contribution in [0.3, 0.4) is 0 Å². The van der Waals surface area contributed by atoms with Crippen LogP contribution in [-0.2, 0) is 0 Å². The number of H-pyrrole nitrogens is 1. The number of fused-ring (bicyclic) bond motifs is 2. The molecule has 0 spiro atoms. The maximum absolute atomic E-state index is 12.9. The lowest BCUT2D eigenvalue weighted by molar-refractivity contribution is 0.0787. The van der Waals surface area contributed by atoms with Crippen molar-refractivity contribution >= 4 is 28.1 Å². The minimum atomic E-state index is -0.0670. The molecule has 2 saturated heterocycles. The summed E-state index contributed by atoms with van der Waals surface area (Å²) in [5.41, 5.74) is 3.70. The van der Waals surface area contributed by atoms with Gasteiger partial charge in [0.15, 0.2) is 5.69 Å². The first-order valence-electron chi connectivity index (χ1n) is 9.33. The van der Waals surface area contributed by atoms with E-state index in [1.54, 1.807) is 11.3 Å². The van der Waals surface area contributed by atoms with Crippen molar-refractivity contribution in [3.05, 3.63) is 40.7 Å². The average molecular weight is 366 g/mol. The number of aromatic nitrogens is 2. The normalized spacial score (nSPS) is 23.2. The molecule has 0 bridgehead atoms. The first kappa shape index (κ1) is 16.0. The van der Waals surface area contributed by atoms with Gasteiger partial charge in [-0.1, -0.05) is 6.07 Å². The Hall–Kier alpha value is -2.18. The first-order chi connectivity index (χ1) is 12.8. The van der Waals surface area contributed by atoms with Crippen LogP contribution in [0.2, 0.25) is 0 Å². The molecule has 1 aromatic carbocycles. The molecule has 2 atom stereocenters. The van der Waals surface area contributed by atoms with Crippen LogP contribution in [-0.4, -0.2) is 46.2 Å². The highest BCUT2D eigenvalue weighted by Crippen LogP contribution is 2.28. The summed E-state index contributed by atoms with van der Waals surface area (Å²) in [4.78, 5) is 15.4. The Labute approximate surface area is 156 Å². The van der Waals surface area contributed by atoms with Crippen LogP contribution in [0.1, 0.15) is 36.2 Å². The molecule has 3 aromatic rings. The Balaban J connectivity index is 1.39. The Morgan fingerprint density at radius 3 is 3.00 bits per heavy atom. The number of aromatic amines is 1. The molecule has 4 heterocycles. The molecule has 2 fully saturated rings. The molecule has 2 aliphatic heterocycles. The van der Waals surface area contributed by atoms with Crippen molar-refractivity contribution in [2.45, 2.75) is 37.8 Å².